The highest BCUT2D eigenvalue weighted by atomic mass is 19.4. The molecule has 2 aliphatic heterocycles. The number of carbonyl (C=O) groups is 4. The van der Waals surface area contributed by atoms with Crippen LogP contribution in [-0.4, -0.2) is 41.8 Å². The maximum absolute atomic E-state index is 14.7. The smallest absolute Gasteiger partial charge is 0.431 e. The molecule has 0 unspecified atom stereocenters. The second-order valence-corrected chi connectivity index (χ2v) is 8.83. The van der Waals surface area contributed by atoms with E-state index in [1.54, 1.807) is 0 Å². The molecule has 208 valence electrons. The molecule has 10 nitrogen and oxygen atoms in total. The van der Waals surface area contributed by atoms with Crippen LogP contribution in [0.2, 0.25) is 0 Å². The number of nitrogens with two attached hydrogens (primary N) is 1. The molecule has 4 amide bonds. The number of nitrogens with one attached hydrogen (secondary N) is 1. The number of amides is 4. The number of benzene rings is 1. The van der Waals surface area contributed by atoms with E-state index in [-0.39, 0.29) is 36.2 Å². The number of ether oxygens (including phenoxy) is 1. The predicted molar refractivity (Wildman–Crippen MR) is 132 cm³/mol. The monoisotopic (exact) mass is 560 g/mol. The van der Waals surface area contributed by atoms with Crippen molar-refractivity contribution >= 4 is 35.0 Å². The van der Waals surface area contributed by atoms with Gasteiger partial charge in [0.25, 0.3) is 29.2 Å². The highest BCUT2D eigenvalue weighted by Crippen LogP contribution is 2.41. The van der Waals surface area contributed by atoms with Crippen molar-refractivity contribution in [3.63, 3.8) is 0 Å². The lowest BCUT2D eigenvalue weighted by Gasteiger charge is -2.29. The van der Waals surface area contributed by atoms with Gasteiger partial charge >= 0.3 is 6.18 Å². The molecule has 5 rings (SSSR count). The number of terminal acetylenes is 1. The van der Waals surface area contributed by atoms with E-state index in [2.05, 4.69) is 5.92 Å². The number of hydrogen-bond donors (Lipinski definition) is 2. The summed E-state index contributed by atoms with van der Waals surface area (Å²) in [6, 6.07) is 3.69. The molecule has 0 fully saturated rings. The molecule has 3 N–H and O–H groups in total. The molecule has 0 saturated carbocycles. The maximum Gasteiger partial charge on any atom is 0.431 e. The second kappa shape index (κ2) is 10.7. The van der Waals surface area contributed by atoms with Crippen molar-refractivity contribution in [2.45, 2.75) is 31.9 Å². The fourth-order valence-corrected chi connectivity index (χ4v) is 4.44. The molecule has 1 aromatic carbocycles. The number of pyridine rings is 1. The van der Waals surface area contributed by atoms with Crippen LogP contribution in [0.5, 0.6) is 5.75 Å². The van der Waals surface area contributed by atoms with Crippen molar-refractivity contribution in [3.05, 3.63) is 62.8 Å². The highest BCUT2D eigenvalue weighted by molar-refractivity contribution is 6.33. The van der Waals surface area contributed by atoms with Crippen molar-refractivity contribution < 1.29 is 41.5 Å². The third kappa shape index (κ3) is 5.18. The van der Waals surface area contributed by atoms with E-state index in [0.717, 1.165) is 29.9 Å². The standard InChI is InChI=1S/C19H15FN2O4.C7H5F3N2O2/c1-2-7-21-15-9-14(13(20)8-16(15)26-10-17(21)23)22-18(24)11-5-3-4-6-12(11)19(22)25;8-7(9,10)4-2-1-3(5(11)13)6(14)12-4/h1,8-9H,3-7,10H2;1-2H,(H2,11,13)(H,12,14). The van der Waals surface area contributed by atoms with Gasteiger partial charge in [0.15, 0.2) is 12.4 Å². The fourth-order valence-electron chi connectivity index (χ4n) is 4.44. The molecule has 3 aliphatic rings. The molecule has 40 heavy (non-hydrogen) atoms. The highest BCUT2D eigenvalue weighted by Gasteiger charge is 2.41. The minimum atomic E-state index is -4.64. The second-order valence-electron chi connectivity index (χ2n) is 8.83. The van der Waals surface area contributed by atoms with Crippen LogP contribution in [-0.2, 0) is 20.6 Å². The third-order valence-corrected chi connectivity index (χ3v) is 6.33. The number of aromatic amines is 1. The van der Waals surface area contributed by atoms with E-state index in [9.17, 15) is 41.5 Å². The Kier molecular flexibility index (Phi) is 7.50. The Morgan fingerprint density at radius 3 is 2.20 bits per heavy atom. The Balaban J connectivity index is 0.000000224. The largest absolute Gasteiger partial charge is 0.481 e. The number of H-pyrrole nitrogens is 1. The zero-order chi connectivity index (χ0) is 29.4. The number of alkyl halides is 3. The van der Waals surface area contributed by atoms with Crippen molar-refractivity contribution in [2.75, 3.05) is 23.0 Å². The topological polar surface area (TPSA) is 143 Å². The summed E-state index contributed by atoms with van der Waals surface area (Å²) < 4.78 is 56.0. The Bertz CT molecular complexity index is 1540. The lowest BCUT2D eigenvalue weighted by atomic mass is 9.93. The van der Waals surface area contributed by atoms with Gasteiger partial charge < -0.3 is 15.5 Å². The van der Waals surface area contributed by atoms with E-state index in [4.69, 9.17) is 16.9 Å². The number of halogens is 4. The number of nitrogens with zero attached hydrogens (tertiary/aromatic N) is 2. The van der Waals surface area contributed by atoms with Crippen molar-refractivity contribution in [1.82, 2.24) is 4.98 Å². The number of rotatable bonds is 3. The summed E-state index contributed by atoms with van der Waals surface area (Å²) >= 11 is 0. The Labute approximate surface area is 223 Å². The SMILES string of the molecule is C#CCN1C(=O)COc2cc(F)c(N3C(=O)C4=C(CCCC4)C3=O)cc21.NC(=O)c1ccc(C(F)(F)F)[nH]c1=O. The van der Waals surface area contributed by atoms with Crippen LogP contribution in [0.15, 0.2) is 40.2 Å². The lowest BCUT2D eigenvalue weighted by molar-refractivity contribution is -0.141. The minimum Gasteiger partial charge on any atom is -0.481 e. The van der Waals surface area contributed by atoms with E-state index >= 15 is 0 Å². The lowest BCUT2D eigenvalue weighted by Crippen LogP contribution is -2.39. The predicted octanol–water partition coefficient (Wildman–Crippen LogP) is 2.42. The fraction of sp³-hybridized carbons (Fsp3) is 0.269. The van der Waals surface area contributed by atoms with Crippen molar-refractivity contribution in [3.8, 4) is 18.1 Å². The average Bonchev–Trinajstić information content (AvgIpc) is 3.15. The third-order valence-electron chi connectivity index (χ3n) is 6.33. The number of hydrogen-bond acceptors (Lipinski definition) is 6. The molecular formula is C26H20F4N4O6. The molecule has 0 bridgehead atoms. The van der Waals surface area contributed by atoms with Gasteiger partial charge in [0, 0.05) is 17.2 Å². The molecule has 14 heteroatoms. The van der Waals surface area contributed by atoms with Crippen LogP contribution in [0.1, 0.15) is 41.7 Å². The first-order valence-electron chi connectivity index (χ1n) is 11.8. The van der Waals surface area contributed by atoms with Crippen LogP contribution in [0.4, 0.5) is 28.9 Å². The maximum atomic E-state index is 14.7. The number of carbonyl (C=O) groups excluding carboxylic acids is 4. The summed E-state index contributed by atoms with van der Waals surface area (Å²) in [4.78, 5) is 62.4. The van der Waals surface area contributed by atoms with Crippen LogP contribution >= 0.6 is 0 Å². The normalized spacial score (nSPS) is 16.5. The van der Waals surface area contributed by atoms with Crippen LogP contribution in [0.25, 0.3) is 0 Å². The molecule has 3 heterocycles. The molecular weight excluding hydrogens is 540 g/mol. The first-order valence-corrected chi connectivity index (χ1v) is 11.8. The number of anilines is 2. The number of aromatic nitrogens is 1. The summed E-state index contributed by atoms with van der Waals surface area (Å²) in [6.07, 6.45) is 3.37. The zero-order valence-corrected chi connectivity index (χ0v) is 20.6. The van der Waals surface area contributed by atoms with Crippen LogP contribution < -0.4 is 25.8 Å². The van der Waals surface area contributed by atoms with Crippen molar-refractivity contribution in [1.29, 1.82) is 0 Å². The molecule has 1 aliphatic carbocycles. The van der Waals surface area contributed by atoms with Crippen LogP contribution in [0.3, 0.4) is 0 Å². The minimum absolute atomic E-state index is 0.0170. The Morgan fingerprint density at radius 2 is 1.68 bits per heavy atom. The van der Waals surface area contributed by atoms with Gasteiger partial charge in [-0.1, -0.05) is 5.92 Å². The van der Waals surface area contributed by atoms with Crippen molar-refractivity contribution in [2.24, 2.45) is 5.73 Å². The van der Waals surface area contributed by atoms with Gasteiger partial charge in [0.2, 0.25) is 0 Å². The van der Waals surface area contributed by atoms with Gasteiger partial charge in [-0.25, -0.2) is 9.29 Å². The molecule has 1 aromatic heterocycles. The Morgan fingerprint density at radius 1 is 1.05 bits per heavy atom. The van der Waals surface area contributed by atoms with E-state index in [0.29, 0.717) is 30.1 Å². The van der Waals surface area contributed by atoms with Crippen LogP contribution in [0, 0.1) is 18.2 Å². The number of primary amides is 1. The van der Waals surface area contributed by atoms with Gasteiger partial charge in [0.1, 0.15) is 17.0 Å². The van der Waals surface area contributed by atoms with E-state index in [1.165, 1.54) is 16.0 Å². The number of fused-ring (bicyclic) bond motifs is 1. The molecule has 0 atom stereocenters. The average molecular weight is 560 g/mol. The van der Waals surface area contributed by atoms with Gasteiger partial charge in [0.05, 0.1) is 17.9 Å². The van der Waals surface area contributed by atoms with E-state index in [1.807, 2.05) is 0 Å². The molecule has 0 radical (unpaired) electrons. The summed E-state index contributed by atoms with van der Waals surface area (Å²) in [6.45, 7) is -0.262. The summed E-state index contributed by atoms with van der Waals surface area (Å²) in [5.74, 6) is -0.664. The summed E-state index contributed by atoms with van der Waals surface area (Å²) in [5.41, 5.74) is 2.86. The summed E-state index contributed by atoms with van der Waals surface area (Å²) in [7, 11) is 0. The first kappa shape index (κ1) is 28.1. The molecule has 0 saturated heterocycles. The molecule has 0 spiro atoms. The van der Waals surface area contributed by atoms with Gasteiger partial charge in [-0.15, -0.1) is 6.42 Å². The zero-order valence-electron chi connectivity index (χ0n) is 20.6. The number of imide groups is 1. The first-order chi connectivity index (χ1) is 18.8. The van der Waals surface area contributed by atoms with E-state index < -0.39 is 46.5 Å². The van der Waals surface area contributed by atoms with Gasteiger partial charge in [-0.05, 0) is 43.9 Å². The Hall–Kier alpha value is -4.93. The quantitative estimate of drug-likeness (QED) is 0.336. The van der Waals surface area contributed by atoms with Gasteiger partial charge in [-0.3, -0.25) is 28.9 Å². The van der Waals surface area contributed by atoms with Gasteiger partial charge in [-0.2, -0.15) is 13.2 Å². The molecule has 2 aromatic rings. The summed E-state index contributed by atoms with van der Waals surface area (Å²) in [5, 5.41) is 0.